The number of benzene rings is 1. The van der Waals surface area contributed by atoms with Crippen molar-refractivity contribution in [3.63, 3.8) is 0 Å². The van der Waals surface area contributed by atoms with Crippen LogP contribution in [0.2, 0.25) is 0 Å². The Kier molecular flexibility index (Phi) is 6.60. The minimum absolute atomic E-state index is 0.295. The van der Waals surface area contributed by atoms with Crippen LogP contribution in [0.1, 0.15) is 24.9 Å². The number of rotatable bonds is 9. The maximum Gasteiger partial charge on any atom is 0.0700 e. The van der Waals surface area contributed by atoms with E-state index in [2.05, 4.69) is 41.5 Å². The molecule has 1 aromatic carbocycles. The quantitative estimate of drug-likeness (QED) is 0.721. The summed E-state index contributed by atoms with van der Waals surface area (Å²) in [6, 6.07) is 8.76. The maximum atomic E-state index is 5.61. The van der Waals surface area contributed by atoms with Gasteiger partial charge in [-0.2, -0.15) is 0 Å². The SMILES string of the molecule is CCNC(CCOCCOC)c1cccc2cnccc12. The Balaban J connectivity index is 2.08. The zero-order chi connectivity index (χ0) is 14.9. The van der Waals surface area contributed by atoms with E-state index in [1.54, 1.807) is 7.11 Å². The first kappa shape index (κ1) is 15.9. The smallest absolute Gasteiger partial charge is 0.0700 e. The lowest BCUT2D eigenvalue weighted by molar-refractivity contribution is 0.0659. The molecule has 1 heterocycles. The van der Waals surface area contributed by atoms with Crippen LogP contribution in [0.5, 0.6) is 0 Å². The van der Waals surface area contributed by atoms with Crippen LogP contribution in [0.3, 0.4) is 0 Å². The van der Waals surface area contributed by atoms with Crippen LogP contribution < -0.4 is 5.32 Å². The predicted octanol–water partition coefficient (Wildman–Crippen LogP) is 2.94. The molecule has 0 aliphatic heterocycles. The fraction of sp³-hybridized carbons (Fsp3) is 0.471. The topological polar surface area (TPSA) is 43.4 Å². The molecule has 0 spiro atoms. The lowest BCUT2D eigenvalue weighted by Crippen LogP contribution is -2.23. The van der Waals surface area contributed by atoms with Gasteiger partial charge in [-0.15, -0.1) is 0 Å². The third-order valence-electron chi connectivity index (χ3n) is 3.52. The number of methoxy groups -OCH3 is 1. The van der Waals surface area contributed by atoms with Gasteiger partial charge < -0.3 is 14.8 Å². The largest absolute Gasteiger partial charge is 0.382 e. The van der Waals surface area contributed by atoms with Crippen molar-refractivity contribution in [1.82, 2.24) is 10.3 Å². The number of hydrogen-bond acceptors (Lipinski definition) is 4. The van der Waals surface area contributed by atoms with Gasteiger partial charge in [-0.3, -0.25) is 4.98 Å². The first-order chi connectivity index (χ1) is 10.4. The van der Waals surface area contributed by atoms with Gasteiger partial charge in [-0.25, -0.2) is 0 Å². The van der Waals surface area contributed by atoms with Gasteiger partial charge in [0.05, 0.1) is 13.2 Å². The number of ether oxygens (including phenoxy) is 2. The summed E-state index contributed by atoms with van der Waals surface area (Å²) in [7, 11) is 1.69. The lowest BCUT2D eigenvalue weighted by atomic mass is 9.98. The van der Waals surface area contributed by atoms with Gasteiger partial charge in [-0.1, -0.05) is 25.1 Å². The van der Waals surface area contributed by atoms with Gasteiger partial charge in [0.25, 0.3) is 0 Å². The second kappa shape index (κ2) is 8.72. The Bertz CT molecular complexity index is 540. The molecule has 1 atom stereocenters. The summed E-state index contributed by atoms with van der Waals surface area (Å²) in [6.07, 6.45) is 4.71. The van der Waals surface area contributed by atoms with Crippen molar-refractivity contribution in [3.8, 4) is 0 Å². The molecule has 0 saturated heterocycles. The number of aromatic nitrogens is 1. The molecule has 0 bridgehead atoms. The van der Waals surface area contributed by atoms with Gasteiger partial charge in [0, 0.05) is 37.5 Å². The molecule has 4 nitrogen and oxygen atoms in total. The van der Waals surface area contributed by atoms with Crippen molar-refractivity contribution in [2.45, 2.75) is 19.4 Å². The molecule has 2 rings (SSSR count). The second-order valence-electron chi connectivity index (χ2n) is 4.95. The van der Waals surface area contributed by atoms with E-state index in [0.29, 0.717) is 19.3 Å². The van der Waals surface area contributed by atoms with E-state index in [1.807, 2.05) is 12.4 Å². The molecule has 0 saturated carbocycles. The van der Waals surface area contributed by atoms with Crippen LogP contribution in [0, 0.1) is 0 Å². The minimum Gasteiger partial charge on any atom is -0.382 e. The van der Waals surface area contributed by atoms with E-state index < -0.39 is 0 Å². The highest BCUT2D eigenvalue weighted by atomic mass is 16.5. The molecule has 1 aromatic heterocycles. The Morgan fingerprint density at radius 2 is 2.10 bits per heavy atom. The van der Waals surface area contributed by atoms with Crippen LogP contribution >= 0.6 is 0 Å². The highest BCUT2D eigenvalue weighted by Gasteiger charge is 2.13. The Labute approximate surface area is 126 Å². The molecule has 1 unspecified atom stereocenters. The molecule has 0 fully saturated rings. The molecular formula is C17H24N2O2. The third kappa shape index (κ3) is 4.49. The summed E-state index contributed by atoms with van der Waals surface area (Å²) >= 11 is 0. The number of hydrogen-bond donors (Lipinski definition) is 1. The second-order valence-corrected chi connectivity index (χ2v) is 4.95. The number of nitrogens with zero attached hydrogens (tertiary/aromatic N) is 1. The Morgan fingerprint density at radius 1 is 1.19 bits per heavy atom. The van der Waals surface area contributed by atoms with Crippen LogP contribution in [0.4, 0.5) is 0 Å². The molecule has 21 heavy (non-hydrogen) atoms. The molecule has 0 radical (unpaired) electrons. The monoisotopic (exact) mass is 288 g/mol. The number of fused-ring (bicyclic) bond motifs is 1. The van der Waals surface area contributed by atoms with Gasteiger partial charge in [-0.05, 0) is 30.0 Å². The van der Waals surface area contributed by atoms with E-state index in [4.69, 9.17) is 9.47 Å². The highest BCUT2D eigenvalue weighted by molar-refractivity contribution is 5.85. The lowest BCUT2D eigenvalue weighted by Gasteiger charge is -2.20. The fourth-order valence-electron chi connectivity index (χ4n) is 2.51. The zero-order valence-electron chi connectivity index (χ0n) is 12.8. The maximum absolute atomic E-state index is 5.61. The molecule has 114 valence electrons. The van der Waals surface area contributed by atoms with E-state index in [-0.39, 0.29) is 0 Å². The first-order valence-corrected chi connectivity index (χ1v) is 7.49. The zero-order valence-corrected chi connectivity index (χ0v) is 12.8. The fourth-order valence-corrected chi connectivity index (χ4v) is 2.51. The summed E-state index contributed by atoms with van der Waals surface area (Å²) in [5.41, 5.74) is 1.31. The molecule has 2 aromatic rings. The molecule has 4 heteroatoms. The molecule has 1 N–H and O–H groups in total. The molecule has 0 aliphatic carbocycles. The van der Waals surface area contributed by atoms with Crippen LogP contribution in [0.25, 0.3) is 10.8 Å². The summed E-state index contributed by atoms with van der Waals surface area (Å²) in [4.78, 5) is 4.20. The third-order valence-corrected chi connectivity index (χ3v) is 3.52. The highest BCUT2D eigenvalue weighted by Crippen LogP contribution is 2.25. The van der Waals surface area contributed by atoms with Crippen molar-refractivity contribution < 1.29 is 9.47 Å². The van der Waals surface area contributed by atoms with Crippen molar-refractivity contribution >= 4 is 10.8 Å². The van der Waals surface area contributed by atoms with E-state index >= 15 is 0 Å². The predicted molar refractivity (Wildman–Crippen MR) is 85.5 cm³/mol. The van der Waals surface area contributed by atoms with Gasteiger partial charge in [0.15, 0.2) is 0 Å². The summed E-state index contributed by atoms with van der Waals surface area (Å²) in [5, 5.41) is 5.99. The first-order valence-electron chi connectivity index (χ1n) is 7.49. The average Bonchev–Trinajstić information content (AvgIpc) is 2.53. The van der Waals surface area contributed by atoms with Gasteiger partial charge in [0.1, 0.15) is 0 Å². The number of pyridine rings is 1. The van der Waals surface area contributed by atoms with Crippen LogP contribution in [-0.2, 0) is 9.47 Å². The van der Waals surface area contributed by atoms with Crippen molar-refractivity contribution in [2.75, 3.05) is 33.5 Å². The number of nitrogens with one attached hydrogen (secondary N) is 1. The molecule has 0 amide bonds. The van der Waals surface area contributed by atoms with Crippen LogP contribution in [0.15, 0.2) is 36.7 Å². The van der Waals surface area contributed by atoms with E-state index in [1.165, 1.54) is 16.3 Å². The van der Waals surface area contributed by atoms with Crippen molar-refractivity contribution in [3.05, 3.63) is 42.2 Å². The normalized spacial score (nSPS) is 12.7. The standard InChI is InChI=1S/C17H24N2O2/c1-3-19-17(8-10-21-12-11-20-2)16-6-4-5-14-13-18-9-7-15(14)16/h4-7,9,13,17,19H,3,8,10-12H2,1-2H3. The van der Waals surface area contributed by atoms with E-state index in [9.17, 15) is 0 Å². The van der Waals surface area contributed by atoms with Crippen molar-refractivity contribution in [2.24, 2.45) is 0 Å². The van der Waals surface area contributed by atoms with Gasteiger partial charge in [0.2, 0.25) is 0 Å². The van der Waals surface area contributed by atoms with Crippen molar-refractivity contribution in [1.29, 1.82) is 0 Å². The Morgan fingerprint density at radius 3 is 2.90 bits per heavy atom. The summed E-state index contributed by atoms with van der Waals surface area (Å²) < 4.78 is 10.6. The minimum atomic E-state index is 0.295. The molecular weight excluding hydrogens is 264 g/mol. The van der Waals surface area contributed by atoms with Crippen LogP contribution in [-0.4, -0.2) is 38.5 Å². The van der Waals surface area contributed by atoms with Gasteiger partial charge >= 0.3 is 0 Å². The van der Waals surface area contributed by atoms with E-state index in [0.717, 1.165) is 19.6 Å². The summed E-state index contributed by atoms with van der Waals surface area (Å²) in [5.74, 6) is 0. The average molecular weight is 288 g/mol. The molecule has 0 aliphatic rings. The Hall–Kier alpha value is -1.49. The summed E-state index contributed by atoms with van der Waals surface area (Å²) in [6.45, 7) is 5.08.